The summed E-state index contributed by atoms with van der Waals surface area (Å²) in [5.41, 5.74) is 2.54. The number of benzene rings is 1. The van der Waals surface area contributed by atoms with Crippen molar-refractivity contribution in [1.82, 2.24) is 4.98 Å². The molecule has 2 aromatic rings. The number of aromatic nitrogens is 1. The summed E-state index contributed by atoms with van der Waals surface area (Å²) in [6.45, 7) is 4.30. The molecule has 0 aliphatic carbocycles. The smallest absolute Gasteiger partial charge is 0.167 e. The third-order valence-corrected chi connectivity index (χ3v) is 2.85. The first-order chi connectivity index (χ1) is 8.69. The van der Waals surface area contributed by atoms with Crippen molar-refractivity contribution in [3.63, 3.8) is 0 Å². The van der Waals surface area contributed by atoms with Crippen LogP contribution in [-0.4, -0.2) is 18.6 Å². The van der Waals surface area contributed by atoms with Crippen molar-refractivity contribution >= 4 is 16.6 Å². The minimum Gasteiger partial charge on any atom is -0.491 e. The van der Waals surface area contributed by atoms with Crippen molar-refractivity contribution in [3.05, 3.63) is 29.7 Å². The molecule has 2 rings (SSSR count). The van der Waals surface area contributed by atoms with Gasteiger partial charge in [-0.2, -0.15) is 0 Å². The van der Waals surface area contributed by atoms with Crippen LogP contribution in [0, 0.1) is 5.82 Å². The van der Waals surface area contributed by atoms with Crippen LogP contribution >= 0.6 is 0 Å². The van der Waals surface area contributed by atoms with E-state index in [0.717, 1.165) is 23.2 Å². The molecule has 1 aromatic heterocycles. The Morgan fingerprint density at radius 1 is 1.28 bits per heavy atom. The third-order valence-electron chi connectivity index (χ3n) is 2.85. The second-order valence-corrected chi connectivity index (χ2v) is 4.00. The molecule has 1 N–H and O–H groups in total. The van der Waals surface area contributed by atoms with Gasteiger partial charge in [-0.05, 0) is 25.5 Å². The fourth-order valence-electron chi connectivity index (χ4n) is 1.94. The Labute approximate surface area is 106 Å². The Morgan fingerprint density at radius 2 is 2.06 bits per heavy atom. The maximum atomic E-state index is 13.8. The molecule has 1 aromatic carbocycles. The normalized spacial score (nSPS) is 10.7. The van der Waals surface area contributed by atoms with Crippen molar-refractivity contribution in [2.24, 2.45) is 0 Å². The van der Waals surface area contributed by atoms with Gasteiger partial charge in [-0.1, -0.05) is 6.92 Å². The molecule has 0 saturated carbocycles. The van der Waals surface area contributed by atoms with E-state index in [1.165, 1.54) is 6.07 Å². The number of hydrogen-bond acceptors (Lipinski definition) is 3. The summed E-state index contributed by atoms with van der Waals surface area (Å²) in [7, 11) is 1.85. The SMILES string of the molecule is CCOc1cc2c(NC)cc(CC)nc2cc1F. The van der Waals surface area contributed by atoms with E-state index in [-0.39, 0.29) is 11.6 Å². The summed E-state index contributed by atoms with van der Waals surface area (Å²) in [5.74, 6) is -0.0975. The lowest BCUT2D eigenvalue weighted by molar-refractivity contribution is 0.322. The molecule has 0 spiro atoms. The Bertz CT molecular complexity index is 569. The molecule has 1 heterocycles. The number of fused-ring (bicyclic) bond motifs is 1. The van der Waals surface area contributed by atoms with Crippen LogP contribution in [0.3, 0.4) is 0 Å². The minimum atomic E-state index is -0.368. The summed E-state index contributed by atoms with van der Waals surface area (Å²) in [6.07, 6.45) is 0.819. The number of halogens is 1. The Kier molecular flexibility index (Phi) is 3.65. The zero-order valence-corrected chi connectivity index (χ0v) is 10.9. The molecule has 0 bridgehead atoms. The van der Waals surface area contributed by atoms with E-state index in [2.05, 4.69) is 10.3 Å². The van der Waals surface area contributed by atoms with Crippen LogP contribution in [-0.2, 0) is 6.42 Å². The lowest BCUT2D eigenvalue weighted by Gasteiger charge is -2.11. The van der Waals surface area contributed by atoms with Crippen LogP contribution < -0.4 is 10.1 Å². The number of ether oxygens (including phenoxy) is 1. The van der Waals surface area contributed by atoms with E-state index in [0.29, 0.717) is 12.1 Å². The fraction of sp³-hybridized carbons (Fsp3) is 0.357. The largest absolute Gasteiger partial charge is 0.491 e. The lowest BCUT2D eigenvalue weighted by Crippen LogP contribution is -1.99. The molecular formula is C14H17FN2O. The zero-order chi connectivity index (χ0) is 13.1. The Balaban J connectivity index is 2.67. The van der Waals surface area contributed by atoms with Gasteiger partial charge in [0.25, 0.3) is 0 Å². The van der Waals surface area contributed by atoms with Crippen molar-refractivity contribution in [2.75, 3.05) is 19.0 Å². The van der Waals surface area contributed by atoms with Gasteiger partial charge in [-0.3, -0.25) is 4.98 Å². The third kappa shape index (κ3) is 2.23. The number of anilines is 1. The average molecular weight is 248 g/mol. The first-order valence-electron chi connectivity index (χ1n) is 6.13. The van der Waals surface area contributed by atoms with E-state index in [1.54, 1.807) is 6.07 Å². The monoisotopic (exact) mass is 248 g/mol. The number of pyridine rings is 1. The summed E-state index contributed by atoms with van der Waals surface area (Å²) < 4.78 is 19.1. The molecule has 4 heteroatoms. The predicted octanol–water partition coefficient (Wildman–Crippen LogP) is 3.38. The number of aryl methyl sites for hydroxylation is 1. The topological polar surface area (TPSA) is 34.1 Å². The highest BCUT2D eigenvalue weighted by atomic mass is 19.1. The molecule has 0 radical (unpaired) electrons. The molecule has 18 heavy (non-hydrogen) atoms. The molecule has 0 amide bonds. The van der Waals surface area contributed by atoms with E-state index in [4.69, 9.17) is 4.74 Å². The van der Waals surface area contributed by atoms with E-state index < -0.39 is 0 Å². The molecule has 0 atom stereocenters. The first-order valence-corrected chi connectivity index (χ1v) is 6.13. The first kappa shape index (κ1) is 12.6. The lowest BCUT2D eigenvalue weighted by atomic mass is 10.1. The zero-order valence-electron chi connectivity index (χ0n) is 10.9. The maximum absolute atomic E-state index is 13.8. The van der Waals surface area contributed by atoms with Crippen molar-refractivity contribution in [1.29, 1.82) is 0 Å². The van der Waals surface area contributed by atoms with Gasteiger partial charge in [0.05, 0.1) is 12.1 Å². The predicted molar refractivity (Wildman–Crippen MR) is 71.8 cm³/mol. The number of rotatable bonds is 4. The molecule has 0 fully saturated rings. The van der Waals surface area contributed by atoms with Gasteiger partial charge in [0.1, 0.15) is 0 Å². The minimum absolute atomic E-state index is 0.271. The Hall–Kier alpha value is -1.84. The van der Waals surface area contributed by atoms with Crippen molar-refractivity contribution in [3.8, 4) is 5.75 Å². The van der Waals surface area contributed by atoms with Crippen molar-refractivity contribution in [2.45, 2.75) is 20.3 Å². The van der Waals surface area contributed by atoms with Crippen LogP contribution in [0.25, 0.3) is 10.9 Å². The maximum Gasteiger partial charge on any atom is 0.167 e. The van der Waals surface area contributed by atoms with Gasteiger partial charge in [-0.25, -0.2) is 4.39 Å². The van der Waals surface area contributed by atoms with E-state index in [1.807, 2.05) is 27.0 Å². The highest BCUT2D eigenvalue weighted by molar-refractivity contribution is 5.92. The van der Waals surface area contributed by atoms with Gasteiger partial charge in [0.2, 0.25) is 0 Å². The van der Waals surface area contributed by atoms with Gasteiger partial charge >= 0.3 is 0 Å². The molecule has 0 aliphatic rings. The number of nitrogens with zero attached hydrogens (tertiary/aromatic N) is 1. The van der Waals surface area contributed by atoms with Gasteiger partial charge in [0, 0.05) is 29.9 Å². The molecule has 96 valence electrons. The van der Waals surface area contributed by atoms with Crippen molar-refractivity contribution < 1.29 is 9.13 Å². The second-order valence-electron chi connectivity index (χ2n) is 4.00. The van der Waals surface area contributed by atoms with Crippen LogP contribution in [0.1, 0.15) is 19.5 Å². The molecule has 3 nitrogen and oxygen atoms in total. The fourth-order valence-corrected chi connectivity index (χ4v) is 1.94. The average Bonchev–Trinajstić information content (AvgIpc) is 2.38. The highest BCUT2D eigenvalue weighted by Gasteiger charge is 2.10. The standard InChI is InChI=1S/C14H17FN2O/c1-4-9-6-12(16-3)10-7-14(18-5-2)11(15)8-13(10)17-9/h6-8H,4-5H2,1-3H3,(H,16,17). The molecule has 0 aliphatic heterocycles. The molecule has 0 unspecified atom stereocenters. The Morgan fingerprint density at radius 3 is 2.67 bits per heavy atom. The highest BCUT2D eigenvalue weighted by Crippen LogP contribution is 2.29. The van der Waals surface area contributed by atoms with Crippen LogP contribution in [0.2, 0.25) is 0 Å². The van der Waals surface area contributed by atoms with E-state index >= 15 is 0 Å². The van der Waals surface area contributed by atoms with Gasteiger partial charge in [-0.15, -0.1) is 0 Å². The van der Waals surface area contributed by atoms with Crippen LogP contribution in [0.5, 0.6) is 5.75 Å². The van der Waals surface area contributed by atoms with Gasteiger partial charge < -0.3 is 10.1 Å². The second kappa shape index (κ2) is 5.21. The summed E-state index contributed by atoms with van der Waals surface area (Å²) >= 11 is 0. The van der Waals surface area contributed by atoms with Crippen LogP contribution in [0.15, 0.2) is 18.2 Å². The van der Waals surface area contributed by atoms with E-state index in [9.17, 15) is 4.39 Å². The number of nitrogens with one attached hydrogen (secondary N) is 1. The molecular weight excluding hydrogens is 231 g/mol. The number of hydrogen-bond donors (Lipinski definition) is 1. The van der Waals surface area contributed by atoms with Crippen LogP contribution in [0.4, 0.5) is 10.1 Å². The summed E-state index contributed by atoms with van der Waals surface area (Å²) in [4.78, 5) is 4.43. The van der Waals surface area contributed by atoms with Gasteiger partial charge in [0.15, 0.2) is 11.6 Å². The quantitative estimate of drug-likeness (QED) is 0.900. The summed E-state index contributed by atoms with van der Waals surface area (Å²) in [6, 6.07) is 5.11. The summed E-state index contributed by atoms with van der Waals surface area (Å²) in [5, 5.41) is 3.99. The molecule has 0 saturated heterocycles.